The Morgan fingerprint density at radius 1 is 0.548 bits per heavy atom. The highest BCUT2D eigenvalue weighted by molar-refractivity contribution is 4.94. The van der Waals surface area contributed by atoms with E-state index in [4.69, 9.17) is 0 Å². The molecule has 0 amide bonds. The van der Waals surface area contributed by atoms with Crippen LogP contribution >= 0.6 is 0 Å². The van der Waals surface area contributed by atoms with Crippen molar-refractivity contribution in [3.63, 3.8) is 0 Å². The van der Waals surface area contributed by atoms with Gasteiger partial charge in [0.25, 0.3) is 0 Å². The van der Waals surface area contributed by atoms with Crippen LogP contribution in [-0.4, -0.2) is 0 Å². The molecule has 0 radical (unpaired) electrons. The van der Waals surface area contributed by atoms with Crippen LogP contribution in [0.3, 0.4) is 0 Å². The zero-order valence-electron chi connectivity index (χ0n) is 21.2. The lowest BCUT2D eigenvalue weighted by Crippen LogP contribution is -2.25. The van der Waals surface area contributed by atoms with Crippen LogP contribution in [0, 0.1) is 35.5 Å². The Morgan fingerprint density at radius 3 is 1.68 bits per heavy atom. The minimum Gasteiger partial charge on any atom is -0.0885 e. The molecule has 3 aliphatic rings. The fraction of sp³-hybridized carbons (Fsp3) is 0.871. The molecule has 3 saturated carbocycles. The molecule has 0 aromatic heterocycles. The molecule has 0 bridgehead atoms. The highest BCUT2D eigenvalue weighted by Gasteiger charge is 2.30. The topological polar surface area (TPSA) is 0 Å². The lowest BCUT2D eigenvalue weighted by molar-refractivity contribution is 0.151. The van der Waals surface area contributed by atoms with Crippen LogP contribution in [-0.2, 0) is 0 Å². The van der Waals surface area contributed by atoms with Gasteiger partial charge in [0, 0.05) is 0 Å². The van der Waals surface area contributed by atoms with Crippen molar-refractivity contribution in [2.75, 3.05) is 0 Å². The third kappa shape index (κ3) is 9.09. The van der Waals surface area contributed by atoms with E-state index in [9.17, 15) is 0 Å². The summed E-state index contributed by atoms with van der Waals surface area (Å²) in [6.45, 7) is 4.59. The van der Waals surface area contributed by atoms with Gasteiger partial charge in [-0.3, -0.25) is 0 Å². The quantitative estimate of drug-likeness (QED) is 0.227. The minimum absolute atomic E-state index is 0.887. The van der Waals surface area contributed by atoms with Crippen LogP contribution in [0.5, 0.6) is 0 Å². The minimum atomic E-state index is 0.887. The Labute approximate surface area is 195 Å². The molecule has 0 spiro atoms. The normalized spacial score (nSPS) is 35.2. The van der Waals surface area contributed by atoms with Gasteiger partial charge in [0.15, 0.2) is 0 Å². The average Bonchev–Trinajstić information content (AvgIpc) is 2.82. The lowest BCUT2D eigenvalue weighted by atomic mass is 9.68. The zero-order valence-corrected chi connectivity index (χ0v) is 21.2. The van der Waals surface area contributed by atoms with Crippen molar-refractivity contribution in [3.05, 3.63) is 24.3 Å². The Hall–Kier alpha value is -0.520. The monoisotopic (exact) mass is 426 g/mol. The Morgan fingerprint density at radius 2 is 1.06 bits per heavy atom. The predicted molar refractivity (Wildman–Crippen MR) is 138 cm³/mol. The summed E-state index contributed by atoms with van der Waals surface area (Å²) in [6.07, 6.45) is 37.9. The standard InChI is InChI=1S/C31H54/c1-3-5-7-11-28-18-22-30(23-19-28)31-24-20-29(21-25-31)13-9-8-12-27-16-14-26(15-17-27)10-6-4-2/h6,9-10,13,26-31H,3-5,7-8,11-12,14-25H2,1-2H3. The summed E-state index contributed by atoms with van der Waals surface area (Å²) in [5, 5.41) is 0. The fourth-order valence-corrected chi connectivity index (χ4v) is 7.06. The first-order valence-corrected chi connectivity index (χ1v) is 14.6. The molecule has 0 aromatic rings. The van der Waals surface area contributed by atoms with Gasteiger partial charge in [0.1, 0.15) is 0 Å². The maximum atomic E-state index is 2.62. The van der Waals surface area contributed by atoms with Crippen LogP contribution < -0.4 is 0 Å². The van der Waals surface area contributed by atoms with E-state index in [1.807, 2.05) is 0 Å². The van der Waals surface area contributed by atoms with E-state index in [0.29, 0.717) is 0 Å². The highest BCUT2D eigenvalue weighted by Crippen LogP contribution is 2.42. The smallest absolute Gasteiger partial charge is 0.0233 e. The molecule has 0 heterocycles. The molecule has 0 aliphatic heterocycles. The van der Waals surface area contributed by atoms with Gasteiger partial charge in [-0.15, -0.1) is 0 Å². The number of unbranched alkanes of at least 4 members (excludes halogenated alkanes) is 2. The van der Waals surface area contributed by atoms with Gasteiger partial charge in [-0.2, -0.15) is 0 Å². The first kappa shape index (κ1) is 25.1. The summed E-state index contributed by atoms with van der Waals surface area (Å²) < 4.78 is 0. The third-order valence-corrected chi connectivity index (χ3v) is 9.28. The second kappa shape index (κ2) is 14.6. The molecule has 0 saturated heterocycles. The van der Waals surface area contributed by atoms with Crippen molar-refractivity contribution in [1.82, 2.24) is 0 Å². The van der Waals surface area contributed by atoms with Crippen molar-refractivity contribution >= 4 is 0 Å². The molecule has 31 heavy (non-hydrogen) atoms. The van der Waals surface area contributed by atoms with Gasteiger partial charge in [0.05, 0.1) is 0 Å². The Bertz CT molecular complexity index is 490. The second-order valence-corrected chi connectivity index (χ2v) is 11.6. The van der Waals surface area contributed by atoms with E-state index in [1.165, 1.54) is 96.3 Å². The van der Waals surface area contributed by atoms with Crippen molar-refractivity contribution in [2.45, 2.75) is 136 Å². The lowest BCUT2D eigenvalue weighted by Gasteiger charge is -2.37. The van der Waals surface area contributed by atoms with E-state index in [0.717, 1.165) is 35.5 Å². The van der Waals surface area contributed by atoms with E-state index >= 15 is 0 Å². The largest absolute Gasteiger partial charge is 0.0885 e. The van der Waals surface area contributed by atoms with Gasteiger partial charge in [-0.1, -0.05) is 76.7 Å². The van der Waals surface area contributed by atoms with Crippen LogP contribution in [0.25, 0.3) is 0 Å². The first-order chi connectivity index (χ1) is 15.3. The molecular formula is C31H54. The molecular weight excluding hydrogens is 372 g/mol. The van der Waals surface area contributed by atoms with Crippen LogP contribution in [0.4, 0.5) is 0 Å². The maximum Gasteiger partial charge on any atom is -0.0233 e. The van der Waals surface area contributed by atoms with Gasteiger partial charge < -0.3 is 0 Å². The summed E-state index contributed by atoms with van der Waals surface area (Å²) in [6, 6.07) is 0. The van der Waals surface area contributed by atoms with Crippen LogP contribution in [0.2, 0.25) is 0 Å². The van der Waals surface area contributed by atoms with Gasteiger partial charge in [-0.05, 0) is 119 Å². The number of allylic oxidation sites excluding steroid dienone is 4. The van der Waals surface area contributed by atoms with E-state index in [1.54, 1.807) is 25.7 Å². The van der Waals surface area contributed by atoms with Crippen molar-refractivity contribution in [2.24, 2.45) is 35.5 Å². The Kier molecular flexibility index (Phi) is 11.8. The second-order valence-electron chi connectivity index (χ2n) is 11.6. The van der Waals surface area contributed by atoms with Crippen LogP contribution in [0.15, 0.2) is 24.3 Å². The Balaban J connectivity index is 1.24. The summed E-state index contributed by atoms with van der Waals surface area (Å²) in [7, 11) is 0. The molecule has 3 fully saturated rings. The van der Waals surface area contributed by atoms with Gasteiger partial charge in [0.2, 0.25) is 0 Å². The predicted octanol–water partition coefficient (Wildman–Crippen LogP) is 10.3. The summed E-state index contributed by atoms with van der Waals surface area (Å²) in [5.74, 6) is 6.01. The molecule has 178 valence electrons. The SMILES string of the molecule is CCC=CC1CCC(CCC=CC2CCC(C3CCC(CCCCC)CC3)CC2)CC1. The van der Waals surface area contributed by atoms with E-state index < -0.39 is 0 Å². The molecule has 0 nitrogen and oxygen atoms in total. The van der Waals surface area contributed by atoms with E-state index in [-0.39, 0.29) is 0 Å². The molecule has 0 unspecified atom stereocenters. The molecule has 0 heteroatoms. The first-order valence-electron chi connectivity index (χ1n) is 14.6. The third-order valence-electron chi connectivity index (χ3n) is 9.28. The molecule has 0 N–H and O–H groups in total. The molecule has 0 aromatic carbocycles. The van der Waals surface area contributed by atoms with Gasteiger partial charge in [-0.25, -0.2) is 0 Å². The van der Waals surface area contributed by atoms with Crippen molar-refractivity contribution in [3.8, 4) is 0 Å². The average molecular weight is 427 g/mol. The zero-order chi connectivity index (χ0) is 21.7. The number of hydrogen-bond acceptors (Lipinski definition) is 0. The highest BCUT2D eigenvalue weighted by atomic mass is 14.4. The number of rotatable bonds is 11. The summed E-state index contributed by atoms with van der Waals surface area (Å²) in [5.41, 5.74) is 0. The van der Waals surface area contributed by atoms with Crippen LogP contribution in [0.1, 0.15) is 136 Å². The number of hydrogen-bond donors (Lipinski definition) is 0. The van der Waals surface area contributed by atoms with Crippen molar-refractivity contribution in [1.29, 1.82) is 0 Å². The molecule has 0 atom stereocenters. The fourth-order valence-electron chi connectivity index (χ4n) is 7.06. The van der Waals surface area contributed by atoms with Crippen molar-refractivity contribution < 1.29 is 0 Å². The molecule has 3 aliphatic carbocycles. The summed E-state index contributed by atoms with van der Waals surface area (Å²) in [4.78, 5) is 0. The molecule has 3 rings (SSSR count). The van der Waals surface area contributed by atoms with E-state index in [2.05, 4.69) is 38.2 Å². The van der Waals surface area contributed by atoms with Gasteiger partial charge >= 0.3 is 0 Å². The summed E-state index contributed by atoms with van der Waals surface area (Å²) >= 11 is 0. The maximum absolute atomic E-state index is 2.62.